The molecule has 0 radical (unpaired) electrons. The average Bonchev–Trinajstić information content (AvgIpc) is 2.66. The van der Waals surface area contributed by atoms with Gasteiger partial charge in [0, 0.05) is 16.8 Å². The van der Waals surface area contributed by atoms with Crippen LogP contribution in [0.5, 0.6) is 0 Å². The summed E-state index contributed by atoms with van der Waals surface area (Å²) in [4.78, 5) is 4.89. The lowest BCUT2D eigenvalue weighted by molar-refractivity contribution is 0.599. The normalized spacial score (nSPS) is 11.5. The van der Waals surface area contributed by atoms with Crippen molar-refractivity contribution < 1.29 is 4.42 Å². The molecule has 0 bridgehead atoms. The second kappa shape index (κ2) is 6.29. The van der Waals surface area contributed by atoms with Gasteiger partial charge in [-0.1, -0.05) is 24.3 Å². The third-order valence-electron chi connectivity index (χ3n) is 4.64. The molecule has 0 amide bonds. The molecule has 0 atom stereocenters. The molecule has 126 valence electrons. The van der Waals surface area contributed by atoms with Gasteiger partial charge in [-0.05, 0) is 42.5 Å². The summed E-state index contributed by atoms with van der Waals surface area (Å²) in [7, 11) is 0. The lowest BCUT2D eigenvalue weighted by Gasteiger charge is -2.12. The number of fused-ring (bicyclic) bond motifs is 4. The summed E-state index contributed by atoms with van der Waals surface area (Å²) in [6.45, 7) is 6.22. The number of benzene rings is 3. The largest absolute Gasteiger partial charge is 0.451 e. The van der Waals surface area contributed by atoms with Crippen molar-refractivity contribution in [2.24, 2.45) is 0 Å². The van der Waals surface area contributed by atoms with Gasteiger partial charge in [-0.25, -0.2) is 9.56 Å². The number of nitrogen functional groups attached to an aromatic ring is 1. The molecule has 4 rings (SSSR count). The van der Waals surface area contributed by atoms with Gasteiger partial charge in [0.05, 0.1) is 15.3 Å². The molecule has 0 unspecified atom stereocenters. The molecule has 2 aromatic rings. The number of nitrogens with zero attached hydrogens (tertiary/aromatic N) is 2. The van der Waals surface area contributed by atoms with Gasteiger partial charge in [0.1, 0.15) is 24.3 Å². The van der Waals surface area contributed by atoms with E-state index >= 15 is 0 Å². The van der Waals surface area contributed by atoms with Crippen LogP contribution >= 0.6 is 22.6 Å². The first-order valence-electron chi connectivity index (χ1n) is 8.42. The van der Waals surface area contributed by atoms with Crippen molar-refractivity contribution in [2.45, 2.75) is 13.8 Å². The molecule has 0 saturated carbocycles. The molecule has 0 fully saturated rings. The summed E-state index contributed by atoms with van der Waals surface area (Å²) >= 11 is 2.25. The van der Waals surface area contributed by atoms with E-state index in [2.05, 4.69) is 53.1 Å². The van der Waals surface area contributed by atoms with E-state index in [-0.39, 0.29) is 0 Å². The van der Waals surface area contributed by atoms with Gasteiger partial charge in [-0.15, -0.1) is 0 Å². The summed E-state index contributed by atoms with van der Waals surface area (Å²) in [5.74, 6) is 0.782. The zero-order valence-corrected chi connectivity index (χ0v) is 16.4. The van der Waals surface area contributed by atoms with Gasteiger partial charge in [0.25, 0.3) is 0 Å². The van der Waals surface area contributed by atoms with Crippen LogP contribution in [0.3, 0.4) is 0 Å². The highest BCUT2D eigenvalue weighted by Gasteiger charge is 2.17. The van der Waals surface area contributed by atoms with Crippen LogP contribution in [0.15, 0.2) is 46.9 Å². The standard InChI is InChI=1S/C20H18IN3O/c1-3-24(4-2)12-9-10-15-16(11-12)25-20-17(21)18(22)13-7-5-6-8-14(13)19(20)23-15/h5-11,22H,3-4H2,1-2H3/p+1. The van der Waals surface area contributed by atoms with E-state index in [1.807, 2.05) is 30.3 Å². The van der Waals surface area contributed by atoms with E-state index in [4.69, 9.17) is 15.1 Å². The molecule has 1 aliphatic carbocycles. The van der Waals surface area contributed by atoms with E-state index < -0.39 is 0 Å². The Hall–Kier alpha value is -2.15. The van der Waals surface area contributed by atoms with Crippen LogP contribution in [0.25, 0.3) is 33.3 Å². The van der Waals surface area contributed by atoms with Crippen LogP contribution < -0.4 is 15.7 Å². The summed E-state index contributed by atoms with van der Waals surface area (Å²) in [5, 5.41) is 3.18. The lowest BCUT2D eigenvalue weighted by atomic mass is 10.1. The molecule has 0 spiro atoms. The van der Waals surface area contributed by atoms with Crippen molar-refractivity contribution in [1.82, 2.24) is 9.56 Å². The van der Waals surface area contributed by atoms with Crippen LogP contribution in [0, 0.1) is 3.57 Å². The Morgan fingerprint density at radius 3 is 2.52 bits per heavy atom. The SMILES string of the molecule is CC[N+](CC)=c1ccc2nc3c(oc-2c1)c(I)c(N)c1ccccc13. The summed E-state index contributed by atoms with van der Waals surface area (Å²) in [6.07, 6.45) is 0. The third kappa shape index (κ3) is 2.57. The fourth-order valence-electron chi connectivity index (χ4n) is 3.29. The highest BCUT2D eigenvalue weighted by Crippen LogP contribution is 2.36. The lowest BCUT2D eigenvalue weighted by Crippen LogP contribution is -2.29. The number of nitrogens with two attached hydrogens (primary N) is 1. The number of anilines is 1. The maximum atomic E-state index is 6.35. The summed E-state index contributed by atoms with van der Waals surface area (Å²) < 4.78 is 9.47. The predicted octanol–water partition coefficient (Wildman–Crippen LogP) is 4.08. The van der Waals surface area contributed by atoms with E-state index in [0.29, 0.717) is 0 Å². The quantitative estimate of drug-likeness (QED) is 0.167. The Labute approximate surface area is 159 Å². The zero-order valence-electron chi connectivity index (χ0n) is 14.2. The monoisotopic (exact) mass is 444 g/mol. The third-order valence-corrected chi connectivity index (χ3v) is 5.71. The smallest absolute Gasteiger partial charge is 0.203 e. The molecular formula is C20H19IN3O+. The van der Waals surface area contributed by atoms with Gasteiger partial charge < -0.3 is 10.2 Å². The first-order chi connectivity index (χ1) is 12.1. The van der Waals surface area contributed by atoms with Crippen molar-refractivity contribution in [3.63, 3.8) is 0 Å². The number of hydrogen-bond donors (Lipinski definition) is 1. The maximum Gasteiger partial charge on any atom is 0.203 e. The minimum Gasteiger partial charge on any atom is -0.451 e. The Balaban J connectivity index is 2.15. The topological polar surface area (TPSA) is 55.1 Å². The first kappa shape index (κ1) is 16.3. The molecule has 25 heavy (non-hydrogen) atoms. The Bertz CT molecular complexity index is 1140. The van der Waals surface area contributed by atoms with E-state index in [1.54, 1.807) is 0 Å². The molecule has 4 nitrogen and oxygen atoms in total. The van der Waals surface area contributed by atoms with Crippen LogP contribution in [-0.4, -0.2) is 18.1 Å². The maximum absolute atomic E-state index is 6.35. The van der Waals surface area contributed by atoms with Gasteiger partial charge in [-0.2, -0.15) is 0 Å². The summed E-state index contributed by atoms with van der Waals surface area (Å²) in [6, 6.07) is 14.3. The van der Waals surface area contributed by atoms with Crippen LogP contribution in [0.4, 0.5) is 5.69 Å². The number of rotatable bonds is 2. The first-order valence-corrected chi connectivity index (χ1v) is 9.50. The van der Waals surface area contributed by atoms with Gasteiger partial charge in [0.15, 0.2) is 11.3 Å². The van der Waals surface area contributed by atoms with Crippen molar-refractivity contribution in [3.05, 3.63) is 51.4 Å². The van der Waals surface area contributed by atoms with Crippen LogP contribution in [0.2, 0.25) is 0 Å². The minimum absolute atomic E-state index is 0.744. The number of hydrogen-bond acceptors (Lipinski definition) is 3. The molecular weight excluding hydrogens is 425 g/mol. The van der Waals surface area contributed by atoms with Gasteiger partial charge in [0.2, 0.25) is 5.36 Å². The molecule has 1 heterocycles. The molecule has 2 N–H and O–H groups in total. The highest BCUT2D eigenvalue weighted by molar-refractivity contribution is 14.1. The Kier molecular flexibility index (Phi) is 4.11. The van der Waals surface area contributed by atoms with E-state index in [0.717, 1.165) is 61.0 Å². The van der Waals surface area contributed by atoms with Crippen molar-refractivity contribution in [3.8, 4) is 11.5 Å². The second-order valence-corrected chi connectivity index (χ2v) is 7.07. The molecule has 1 aliphatic heterocycles. The zero-order chi connectivity index (χ0) is 17.6. The fraction of sp³-hybridized carbons (Fsp3) is 0.200. The van der Waals surface area contributed by atoms with E-state index in [9.17, 15) is 0 Å². The van der Waals surface area contributed by atoms with Gasteiger partial charge in [-0.3, -0.25) is 0 Å². The number of halogens is 1. The Morgan fingerprint density at radius 1 is 1.08 bits per heavy atom. The van der Waals surface area contributed by atoms with Crippen molar-refractivity contribution >= 4 is 50.2 Å². The van der Waals surface area contributed by atoms with Crippen molar-refractivity contribution in [1.29, 1.82) is 0 Å². The number of aromatic nitrogens is 1. The second-order valence-electron chi connectivity index (χ2n) is 5.99. The average molecular weight is 444 g/mol. The van der Waals surface area contributed by atoms with Crippen molar-refractivity contribution in [2.75, 3.05) is 18.8 Å². The minimum atomic E-state index is 0.744. The molecule has 0 aromatic heterocycles. The van der Waals surface area contributed by atoms with Crippen LogP contribution in [0.1, 0.15) is 13.8 Å². The highest BCUT2D eigenvalue weighted by atomic mass is 127. The molecule has 2 aliphatic rings. The van der Waals surface area contributed by atoms with E-state index in [1.165, 1.54) is 0 Å². The molecule has 0 saturated heterocycles. The van der Waals surface area contributed by atoms with Gasteiger partial charge >= 0.3 is 0 Å². The van der Waals surface area contributed by atoms with Crippen LogP contribution in [-0.2, 0) is 0 Å². The fourth-order valence-corrected chi connectivity index (χ4v) is 3.94. The Morgan fingerprint density at radius 2 is 1.80 bits per heavy atom. The molecule has 2 aromatic carbocycles. The predicted molar refractivity (Wildman–Crippen MR) is 112 cm³/mol. The summed E-state index contributed by atoms with van der Waals surface area (Å²) in [5.41, 5.74) is 9.56. The molecule has 5 heteroatoms.